The van der Waals surface area contributed by atoms with E-state index in [0.29, 0.717) is 12.3 Å². The largest absolute Gasteiger partial charge is 0.486 e. The number of nitrogens with one attached hydrogen (secondary N) is 2. The Morgan fingerprint density at radius 1 is 1.10 bits per heavy atom. The maximum Gasteiger partial charge on any atom is 0.271 e. The molecule has 0 aliphatic heterocycles. The lowest BCUT2D eigenvalue weighted by atomic mass is 9.90. The molecule has 8 heteroatoms. The number of ether oxygens (including phenoxy) is 2. The van der Waals surface area contributed by atoms with Crippen molar-refractivity contribution < 1.29 is 19.1 Å². The molecule has 162 valence electrons. The number of thiazole rings is 1. The van der Waals surface area contributed by atoms with E-state index in [1.807, 2.05) is 26.0 Å². The fourth-order valence-corrected chi connectivity index (χ4v) is 4.43. The molecule has 1 aromatic carbocycles. The number of aromatic nitrogens is 1. The molecule has 1 fully saturated rings. The Kier molecular flexibility index (Phi) is 7.81. The normalized spacial score (nSPS) is 18.6. The standard InChI is InChI=1S/C22H29N3O4S/c1-14-8-15(2)10-16(9-14)29-12-21-24-19(13-30-21)22(27)25-18-7-5-4-6-17(18)23-20(26)11-28-3/h8-10,13,17-18H,4-7,11-12H2,1-3H3,(H,23,26)(H,25,27)/t17-,18+/m1/s1. The Morgan fingerprint density at radius 3 is 2.43 bits per heavy atom. The highest BCUT2D eigenvalue weighted by molar-refractivity contribution is 7.09. The van der Waals surface area contributed by atoms with E-state index in [1.165, 1.54) is 18.4 Å². The lowest BCUT2D eigenvalue weighted by Gasteiger charge is -2.32. The van der Waals surface area contributed by atoms with Gasteiger partial charge in [-0.25, -0.2) is 4.98 Å². The lowest BCUT2D eigenvalue weighted by molar-refractivity contribution is -0.125. The maximum absolute atomic E-state index is 12.7. The van der Waals surface area contributed by atoms with Crippen LogP contribution in [0.3, 0.4) is 0 Å². The molecule has 3 rings (SSSR count). The minimum atomic E-state index is -0.221. The van der Waals surface area contributed by atoms with Gasteiger partial charge in [0.25, 0.3) is 5.91 Å². The number of aryl methyl sites for hydroxylation is 2. The zero-order valence-corrected chi connectivity index (χ0v) is 18.5. The van der Waals surface area contributed by atoms with Crippen LogP contribution in [0.5, 0.6) is 5.75 Å². The van der Waals surface area contributed by atoms with Crippen molar-refractivity contribution in [3.05, 3.63) is 45.4 Å². The van der Waals surface area contributed by atoms with Gasteiger partial charge >= 0.3 is 0 Å². The smallest absolute Gasteiger partial charge is 0.271 e. The molecule has 1 heterocycles. The molecule has 0 unspecified atom stereocenters. The predicted octanol–water partition coefficient (Wildman–Crippen LogP) is 3.14. The van der Waals surface area contributed by atoms with Crippen LogP contribution in [-0.2, 0) is 16.1 Å². The van der Waals surface area contributed by atoms with Crippen LogP contribution in [-0.4, -0.2) is 42.6 Å². The van der Waals surface area contributed by atoms with E-state index < -0.39 is 0 Å². The summed E-state index contributed by atoms with van der Waals surface area (Å²) >= 11 is 1.40. The maximum atomic E-state index is 12.7. The van der Waals surface area contributed by atoms with Gasteiger partial charge in [0, 0.05) is 24.6 Å². The summed E-state index contributed by atoms with van der Waals surface area (Å²) in [5.41, 5.74) is 2.67. The summed E-state index contributed by atoms with van der Waals surface area (Å²) < 4.78 is 10.7. The van der Waals surface area contributed by atoms with Gasteiger partial charge in [-0.05, 0) is 49.9 Å². The van der Waals surface area contributed by atoms with E-state index >= 15 is 0 Å². The van der Waals surface area contributed by atoms with Crippen molar-refractivity contribution in [3.63, 3.8) is 0 Å². The SMILES string of the molecule is COCC(=O)N[C@@H]1CCCC[C@@H]1NC(=O)c1csc(COc2cc(C)cc(C)c2)n1. The van der Waals surface area contributed by atoms with Crippen LogP contribution in [0.2, 0.25) is 0 Å². The molecule has 2 N–H and O–H groups in total. The van der Waals surface area contributed by atoms with Crippen molar-refractivity contribution in [3.8, 4) is 5.75 Å². The number of methoxy groups -OCH3 is 1. The highest BCUT2D eigenvalue weighted by atomic mass is 32.1. The molecule has 0 radical (unpaired) electrons. The first kappa shape index (κ1) is 22.2. The third kappa shape index (κ3) is 6.27. The first-order valence-electron chi connectivity index (χ1n) is 10.2. The van der Waals surface area contributed by atoms with Crippen LogP contribution < -0.4 is 15.4 Å². The molecule has 1 aromatic heterocycles. The Hall–Kier alpha value is -2.45. The molecule has 0 bridgehead atoms. The summed E-state index contributed by atoms with van der Waals surface area (Å²) in [6, 6.07) is 5.86. The number of hydrogen-bond acceptors (Lipinski definition) is 6. The Balaban J connectivity index is 1.56. The number of carbonyl (C=O) groups is 2. The van der Waals surface area contributed by atoms with Crippen LogP contribution >= 0.6 is 11.3 Å². The molecule has 0 spiro atoms. The number of nitrogens with zero attached hydrogens (tertiary/aromatic N) is 1. The monoisotopic (exact) mass is 431 g/mol. The Labute approximate surface area is 181 Å². The topological polar surface area (TPSA) is 89.6 Å². The summed E-state index contributed by atoms with van der Waals surface area (Å²) in [6.45, 7) is 4.40. The molecule has 2 aromatic rings. The van der Waals surface area contributed by atoms with Crippen molar-refractivity contribution in [1.29, 1.82) is 0 Å². The van der Waals surface area contributed by atoms with Crippen molar-refractivity contribution in [2.45, 2.75) is 58.2 Å². The zero-order chi connectivity index (χ0) is 21.5. The summed E-state index contributed by atoms with van der Waals surface area (Å²) in [5, 5.41) is 8.50. The number of amides is 2. The predicted molar refractivity (Wildman–Crippen MR) is 116 cm³/mol. The van der Waals surface area contributed by atoms with Gasteiger partial charge in [0.05, 0.1) is 0 Å². The summed E-state index contributed by atoms with van der Waals surface area (Å²) in [6.07, 6.45) is 3.72. The van der Waals surface area contributed by atoms with E-state index in [1.54, 1.807) is 5.38 Å². The van der Waals surface area contributed by atoms with Gasteiger partial charge in [-0.1, -0.05) is 18.9 Å². The van der Waals surface area contributed by atoms with E-state index in [-0.39, 0.29) is 30.5 Å². The number of benzene rings is 1. The average Bonchev–Trinajstić information content (AvgIpc) is 3.17. The minimum Gasteiger partial charge on any atom is -0.486 e. The third-order valence-corrected chi connectivity index (χ3v) is 5.87. The third-order valence-electron chi connectivity index (χ3n) is 5.05. The molecular weight excluding hydrogens is 402 g/mol. The number of rotatable bonds is 8. The van der Waals surface area contributed by atoms with E-state index in [0.717, 1.165) is 47.6 Å². The van der Waals surface area contributed by atoms with Gasteiger partial charge in [0.1, 0.15) is 29.7 Å². The van der Waals surface area contributed by atoms with Crippen LogP contribution in [0.1, 0.15) is 52.3 Å². The number of hydrogen-bond donors (Lipinski definition) is 2. The molecule has 2 amide bonds. The van der Waals surface area contributed by atoms with Gasteiger partial charge < -0.3 is 20.1 Å². The Morgan fingerprint density at radius 2 is 1.77 bits per heavy atom. The quantitative estimate of drug-likeness (QED) is 0.670. The van der Waals surface area contributed by atoms with Gasteiger partial charge in [-0.15, -0.1) is 11.3 Å². The molecule has 2 atom stereocenters. The van der Waals surface area contributed by atoms with E-state index in [2.05, 4.69) is 21.7 Å². The van der Waals surface area contributed by atoms with Crippen molar-refractivity contribution >= 4 is 23.2 Å². The summed E-state index contributed by atoms with van der Waals surface area (Å²) in [7, 11) is 1.49. The molecule has 1 saturated carbocycles. The van der Waals surface area contributed by atoms with Crippen LogP contribution in [0, 0.1) is 13.8 Å². The fourth-order valence-electron chi connectivity index (χ4n) is 3.74. The second kappa shape index (κ2) is 10.5. The van der Waals surface area contributed by atoms with Crippen molar-refractivity contribution in [2.24, 2.45) is 0 Å². The first-order valence-corrected chi connectivity index (χ1v) is 11.1. The van der Waals surface area contributed by atoms with Crippen LogP contribution in [0.15, 0.2) is 23.6 Å². The van der Waals surface area contributed by atoms with Gasteiger partial charge in [-0.2, -0.15) is 0 Å². The van der Waals surface area contributed by atoms with Crippen molar-refractivity contribution in [2.75, 3.05) is 13.7 Å². The second-order valence-corrected chi connectivity index (χ2v) is 8.65. The molecule has 1 aliphatic carbocycles. The minimum absolute atomic E-state index is 0.0209. The Bertz CT molecular complexity index is 863. The fraction of sp³-hybridized carbons (Fsp3) is 0.500. The van der Waals surface area contributed by atoms with Gasteiger partial charge in [0.2, 0.25) is 5.91 Å². The van der Waals surface area contributed by atoms with Gasteiger partial charge in [0.15, 0.2) is 0 Å². The molecule has 0 saturated heterocycles. The average molecular weight is 432 g/mol. The molecular formula is C22H29N3O4S. The van der Waals surface area contributed by atoms with Gasteiger partial charge in [-0.3, -0.25) is 9.59 Å². The second-order valence-electron chi connectivity index (χ2n) is 7.71. The molecule has 30 heavy (non-hydrogen) atoms. The van der Waals surface area contributed by atoms with Crippen molar-refractivity contribution in [1.82, 2.24) is 15.6 Å². The first-order chi connectivity index (χ1) is 14.4. The lowest BCUT2D eigenvalue weighted by Crippen LogP contribution is -2.53. The van der Waals surface area contributed by atoms with E-state index in [9.17, 15) is 9.59 Å². The zero-order valence-electron chi connectivity index (χ0n) is 17.7. The van der Waals surface area contributed by atoms with E-state index in [4.69, 9.17) is 9.47 Å². The summed E-state index contributed by atoms with van der Waals surface area (Å²) in [5.74, 6) is 0.412. The molecule has 1 aliphatic rings. The highest BCUT2D eigenvalue weighted by Crippen LogP contribution is 2.21. The number of carbonyl (C=O) groups excluding carboxylic acids is 2. The summed E-state index contributed by atoms with van der Waals surface area (Å²) in [4.78, 5) is 29.0. The van der Waals surface area contributed by atoms with Crippen LogP contribution in [0.25, 0.3) is 0 Å². The van der Waals surface area contributed by atoms with Crippen LogP contribution in [0.4, 0.5) is 0 Å². The molecule has 7 nitrogen and oxygen atoms in total. The highest BCUT2D eigenvalue weighted by Gasteiger charge is 2.28.